The fourth-order valence-corrected chi connectivity index (χ4v) is 1.84. The lowest BCUT2D eigenvalue weighted by Crippen LogP contribution is -2.25. The molecule has 1 unspecified atom stereocenters. The van der Waals surface area contributed by atoms with E-state index in [0.29, 0.717) is 12.5 Å². The summed E-state index contributed by atoms with van der Waals surface area (Å²) in [6.45, 7) is 2.62. The van der Waals surface area contributed by atoms with E-state index in [-0.39, 0.29) is 5.56 Å². The van der Waals surface area contributed by atoms with Crippen LogP contribution >= 0.6 is 15.9 Å². The highest BCUT2D eigenvalue weighted by atomic mass is 79.9. The number of benzene rings is 1. The normalized spacial score (nSPS) is 12.2. The summed E-state index contributed by atoms with van der Waals surface area (Å²) in [6.07, 6.45) is 1.83. The number of hydrogen-bond acceptors (Lipinski definition) is 1. The fourth-order valence-electron chi connectivity index (χ4n) is 1.52. The summed E-state index contributed by atoms with van der Waals surface area (Å²) in [5, 5.41) is 3.57. The topological polar surface area (TPSA) is 29.1 Å². The zero-order chi connectivity index (χ0) is 13.5. The molecule has 0 saturated heterocycles. The molecule has 1 N–H and O–H groups in total. The monoisotopic (exact) mass is 319 g/mol. The van der Waals surface area contributed by atoms with Gasteiger partial charge in [0.25, 0.3) is 5.91 Å². The van der Waals surface area contributed by atoms with E-state index in [1.54, 1.807) is 0 Å². The van der Waals surface area contributed by atoms with Gasteiger partial charge in [-0.2, -0.15) is 0 Å². The lowest BCUT2D eigenvalue weighted by molar-refractivity contribution is 0.0951. The Kier molecular flexibility index (Phi) is 6.25. The van der Waals surface area contributed by atoms with Gasteiger partial charge in [-0.1, -0.05) is 22.9 Å². The smallest absolute Gasteiger partial charge is 0.251 e. The van der Waals surface area contributed by atoms with Crippen LogP contribution in [0.1, 0.15) is 30.1 Å². The first kappa shape index (κ1) is 15.1. The Balaban J connectivity index is 2.41. The summed E-state index contributed by atoms with van der Waals surface area (Å²) in [5.74, 6) is -1.38. The molecule has 5 heteroatoms. The van der Waals surface area contributed by atoms with Crippen molar-refractivity contribution in [2.24, 2.45) is 5.92 Å². The molecule has 0 aliphatic carbocycles. The molecular weight excluding hydrogens is 304 g/mol. The van der Waals surface area contributed by atoms with Gasteiger partial charge in [0, 0.05) is 23.5 Å². The van der Waals surface area contributed by atoms with Gasteiger partial charge in [0.1, 0.15) is 11.6 Å². The lowest BCUT2D eigenvalue weighted by Gasteiger charge is -2.08. The van der Waals surface area contributed by atoms with Gasteiger partial charge in [-0.3, -0.25) is 4.79 Å². The van der Waals surface area contributed by atoms with E-state index in [2.05, 4.69) is 28.2 Å². The van der Waals surface area contributed by atoms with Crippen molar-refractivity contribution in [1.29, 1.82) is 0 Å². The van der Waals surface area contributed by atoms with Gasteiger partial charge in [0.05, 0.1) is 0 Å². The highest BCUT2D eigenvalue weighted by molar-refractivity contribution is 9.09. The number of carbonyl (C=O) groups is 1. The Bertz CT molecular complexity index is 392. The maximum atomic E-state index is 12.9. The van der Waals surface area contributed by atoms with Gasteiger partial charge in [0.2, 0.25) is 0 Å². The van der Waals surface area contributed by atoms with Gasteiger partial charge < -0.3 is 5.32 Å². The van der Waals surface area contributed by atoms with E-state index in [4.69, 9.17) is 0 Å². The number of carbonyl (C=O) groups excluding carboxylic acids is 1. The minimum atomic E-state index is -0.743. The largest absolute Gasteiger partial charge is 0.352 e. The minimum absolute atomic E-state index is 0.0149. The molecule has 1 aromatic rings. The molecule has 0 aliphatic rings. The Morgan fingerprint density at radius 1 is 1.33 bits per heavy atom. The van der Waals surface area contributed by atoms with E-state index in [1.165, 1.54) is 0 Å². The lowest BCUT2D eigenvalue weighted by atomic mass is 10.1. The van der Waals surface area contributed by atoms with E-state index in [9.17, 15) is 13.6 Å². The van der Waals surface area contributed by atoms with E-state index < -0.39 is 17.5 Å². The Morgan fingerprint density at radius 2 is 1.94 bits per heavy atom. The Hall–Kier alpha value is -0.970. The number of halogens is 3. The molecule has 0 aliphatic heterocycles. The van der Waals surface area contributed by atoms with E-state index in [1.807, 2.05) is 0 Å². The standard InChI is InChI=1S/C13H16BrF2NO/c1-9(8-14)3-2-4-17-13(18)10-5-11(15)7-12(16)6-10/h5-7,9H,2-4,8H2,1H3,(H,17,18). The Labute approximate surface area is 114 Å². The summed E-state index contributed by atoms with van der Waals surface area (Å²) in [5.41, 5.74) is 0.0149. The van der Waals surface area contributed by atoms with Gasteiger partial charge >= 0.3 is 0 Å². The molecule has 100 valence electrons. The molecule has 1 amide bonds. The van der Waals surface area contributed by atoms with E-state index >= 15 is 0 Å². The second-order valence-electron chi connectivity index (χ2n) is 4.32. The van der Waals surface area contributed by atoms with Crippen LogP contribution in [0.4, 0.5) is 8.78 Å². The van der Waals surface area contributed by atoms with Crippen LogP contribution in [0.15, 0.2) is 18.2 Å². The number of amides is 1. The molecule has 1 rings (SSSR count). The van der Waals surface area contributed by atoms with Crippen molar-refractivity contribution in [1.82, 2.24) is 5.32 Å². The predicted octanol–water partition coefficient (Wildman–Crippen LogP) is 3.51. The van der Waals surface area contributed by atoms with Crippen molar-refractivity contribution < 1.29 is 13.6 Å². The van der Waals surface area contributed by atoms with Crippen molar-refractivity contribution in [2.75, 3.05) is 11.9 Å². The molecule has 2 nitrogen and oxygen atoms in total. The van der Waals surface area contributed by atoms with Gasteiger partial charge in [-0.15, -0.1) is 0 Å². The van der Waals surface area contributed by atoms with Crippen molar-refractivity contribution in [3.05, 3.63) is 35.4 Å². The predicted molar refractivity (Wildman–Crippen MR) is 70.9 cm³/mol. The van der Waals surface area contributed by atoms with Crippen LogP contribution in [0, 0.1) is 17.6 Å². The SMILES string of the molecule is CC(CBr)CCCNC(=O)c1cc(F)cc(F)c1. The molecule has 0 saturated carbocycles. The van der Waals surface area contributed by atoms with Crippen LogP contribution in [0.2, 0.25) is 0 Å². The van der Waals surface area contributed by atoms with Gasteiger partial charge in [0.15, 0.2) is 0 Å². The number of nitrogens with one attached hydrogen (secondary N) is 1. The van der Waals surface area contributed by atoms with Crippen molar-refractivity contribution in [2.45, 2.75) is 19.8 Å². The molecule has 0 aromatic heterocycles. The summed E-state index contributed by atoms with van der Waals surface area (Å²) >= 11 is 3.38. The first-order valence-electron chi connectivity index (χ1n) is 5.83. The van der Waals surface area contributed by atoms with Gasteiger partial charge in [-0.05, 0) is 30.9 Å². The summed E-state index contributed by atoms with van der Waals surface area (Å²) in [6, 6.07) is 2.80. The Morgan fingerprint density at radius 3 is 2.50 bits per heavy atom. The number of rotatable bonds is 6. The maximum Gasteiger partial charge on any atom is 0.251 e. The maximum absolute atomic E-state index is 12.9. The van der Waals surface area contributed by atoms with Crippen LogP contribution in [-0.4, -0.2) is 17.8 Å². The van der Waals surface area contributed by atoms with Gasteiger partial charge in [-0.25, -0.2) is 8.78 Å². The highest BCUT2D eigenvalue weighted by Gasteiger charge is 2.08. The van der Waals surface area contributed by atoms with Crippen LogP contribution < -0.4 is 5.32 Å². The first-order valence-corrected chi connectivity index (χ1v) is 6.95. The molecule has 1 atom stereocenters. The fraction of sp³-hybridized carbons (Fsp3) is 0.462. The number of alkyl halides is 1. The molecule has 1 aromatic carbocycles. The summed E-state index contributed by atoms with van der Waals surface area (Å²) < 4.78 is 25.8. The third-order valence-electron chi connectivity index (χ3n) is 2.55. The van der Waals surface area contributed by atoms with Crippen molar-refractivity contribution >= 4 is 21.8 Å². The quantitative estimate of drug-likeness (QED) is 0.631. The van der Waals surface area contributed by atoms with E-state index in [0.717, 1.165) is 36.4 Å². The first-order chi connectivity index (χ1) is 8.52. The number of hydrogen-bond donors (Lipinski definition) is 1. The molecular formula is C13H16BrF2NO. The molecule has 0 fully saturated rings. The third-order valence-corrected chi connectivity index (χ3v) is 3.65. The summed E-state index contributed by atoms with van der Waals surface area (Å²) in [4.78, 5) is 11.6. The van der Waals surface area contributed by atoms with Crippen LogP contribution in [0.5, 0.6) is 0 Å². The molecule has 0 bridgehead atoms. The van der Waals surface area contributed by atoms with Crippen LogP contribution in [0.3, 0.4) is 0 Å². The summed E-state index contributed by atoms with van der Waals surface area (Å²) in [7, 11) is 0. The molecule has 0 spiro atoms. The minimum Gasteiger partial charge on any atom is -0.352 e. The highest BCUT2D eigenvalue weighted by Crippen LogP contribution is 2.09. The average Bonchev–Trinajstić information content (AvgIpc) is 2.32. The van der Waals surface area contributed by atoms with Crippen molar-refractivity contribution in [3.8, 4) is 0 Å². The van der Waals surface area contributed by atoms with Crippen LogP contribution in [0.25, 0.3) is 0 Å². The second kappa shape index (κ2) is 7.46. The average molecular weight is 320 g/mol. The molecule has 0 radical (unpaired) electrons. The second-order valence-corrected chi connectivity index (χ2v) is 4.96. The van der Waals surface area contributed by atoms with Crippen molar-refractivity contribution in [3.63, 3.8) is 0 Å². The molecule has 18 heavy (non-hydrogen) atoms. The third kappa shape index (κ3) is 5.12. The zero-order valence-electron chi connectivity index (χ0n) is 10.2. The molecule has 0 heterocycles. The van der Waals surface area contributed by atoms with Crippen LogP contribution in [-0.2, 0) is 0 Å². The zero-order valence-corrected chi connectivity index (χ0v) is 11.8.